The third kappa shape index (κ3) is 6.01. The molecule has 3 aromatic rings. The quantitative estimate of drug-likeness (QED) is 0.546. The molecule has 4 rings (SSSR count). The normalized spacial score (nSPS) is 15.2. The van der Waals surface area contributed by atoms with Crippen LogP contribution in [0.2, 0.25) is 0 Å². The fraction of sp³-hybridized carbons (Fsp3) is 0.455. The molecule has 1 aliphatic heterocycles. The maximum atomic E-state index is 13.0. The summed E-state index contributed by atoms with van der Waals surface area (Å²) < 4.78 is 39.0. The number of nitrogens with zero attached hydrogens (tertiary/aromatic N) is 3. The van der Waals surface area contributed by atoms with Crippen molar-refractivity contribution in [3.63, 3.8) is 0 Å². The van der Waals surface area contributed by atoms with Crippen molar-refractivity contribution in [2.45, 2.75) is 39.3 Å². The van der Waals surface area contributed by atoms with Gasteiger partial charge in [-0.2, -0.15) is 0 Å². The molecule has 1 saturated heterocycles. The van der Waals surface area contributed by atoms with Gasteiger partial charge < -0.3 is 15.5 Å². The number of amides is 1. The Labute approximate surface area is 189 Å². The van der Waals surface area contributed by atoms with E-state index < -0.39 is 18.5 Å². The van der Waals surface area contributed by atoms with Crippen LogP contribution in [-0.4, -0.2) is 47.9 Å². The van der Waals surface area contributed by atoms with Crippen molar-refractivity contribution in [2.75, 3.05) is 36.4 Å². The van der Waals surface area contributed by atoms with E-state index in [1.165, 1.54) is 10.8 Å². The molecule has 0 radical (unpaired) electrons. The van der Waals surface area contributed by atoms with E-state index in [0.717, 1.165) is 55.3 Å². The van der Waals surface area contributed by atoms with Gasteiger partial charge in [-0.3, -0.25) is 4.79 Å². The maximum Gasteiger partial charge on any atom is 0.274 e. The highest BCUT2D eigenvalue weighted by Gasteiger charge is 2.19. The van der Waals surface area contributed by atoms with Crippen LogP contribution in [0.3, 0.4) is 0 Å². The Morgan fingerprint density at radius 3 is 2.66 bits per heavy atom. The second-order valence-electron chi connectivity index (χ2n) is 7.52. The summed E-state index contributed by atoms with van der Waals surface area (Å²) in [6, 6.07) is 7.29. The molecule has 0 bridgehead atoms. The predicted octanol–water partition coefficient (Wildman–Crippen LogP) is 5.14. The highest BCUT2D eigenvalue weighted by Crippen LogP contribution is 2.31. The van der Waals surface area contributed by atoms with Gasteiger partial charge in [0.25, 0.3) is 12.3 Å². The Balaban J connectivity index is 0.000000523. The molecule has 174 valence electrons. The minimum atomic E-state index is -2.63. The van der Waals surface area contributed by atoms with Gasteiger partial charge >= 0.3 is 0 Å². The molecular weight excluding hydrogens is 439 g/mol. The van der Waals surface area contributed by atoms with Crippen LogP contribution in [0.1, 0.15) is 49.2 Å². The van der Waals surface area contributed by atoms with Crippen molar-refractivity contribution in [1.29, 1.82) is 0 Å². The number of anilines is 2. The monoisotopic (exact) mass is 467 g/mol. The summed E-state index contributed by atoms with van der Waals surface area (Å²) in [4.78, 5) is 14.8. The first-order chi connectivity index (χ1) is 15.4. The number of rotatable bonds is 5. The van der Waals surface area contributed by atoms with Crippen LogP contribution in [0.15, 0.2) is 35.0 Å². The van der Waals surface area contributed by atoms with Gasteiger partial charge in [-0.05, 0) is 50.6 Å². The number of fused-ring (bicyclic) bond motifs is 1. The van der Waals surface area contributed by atoms with Gasteiger partial charge in [0.1, 0.15) is 11.5 Å². The van der Waals surface area contributed by atoms with E-state index in [2.05, 4.69) is 20.6 Å². The van der Waals surface area contributed by atoms with E-state index in [1.54, 1.807) is 23.6 Å². The zero-order valence-electron chi connectivity index (χ0n) is 18.2. The minimum absolute atomic E-state index is 0.143. The largest absolute Gasteiger partial charge is 0.354 e. The van der Waals surface area contributed by atoms with Crippen molar-refractivity contribution in [3.8, 4) is 0 Å². The molecule has 2 N–H and O–H groups in total. The molecule has 0 aromatic carbocycles. The SMILES string of the molecule is CCC(C)F.O=C(Nc1cscc1C(F)F)c1ccc2ccc(N3CCCNCC3)nn12. The van der Waals surface area contributed by atoms with Crippen LogP contribution in [0.4, 0.5) is 24.7 Å². The molecule has 6 nitrogen and oxygen atoms in total. The van der Waals surface area contributed by atoms with Gasteiger partial charge in [-0.1, -0.05) is 6.92 Å². The smallest absolute Gasteiger partial charge is 0.274 e. The summed E-state index contributed by atoms with van der Waals surface area (Å²) in [5.41, 5.74) is 1.06. The maximum absolute atomic E-state index is 13.0. The third-order valence-corrected chi connectivity index (χ3v) is 5.89. The molecular formula is C22H28F3N5OS. The second kappa shape index (κ2) is 11.3. The number of hydrogen-bond donors (Lipinski definition) is 2. The Bertz CT molecular complexity index is 1010. The minimum Gasteiger partial charge on any atom is -0.354 e. The molecule has 4 heterocycles. The van der Waals surface area contributed by atoms with Crippen molar-refractivity contribution in [3.05, 3.63) is 46.3 Å². The van der Waals surface area contributed by atoms with Crippen LogP contribution in [0.5, 0.6) is 0 Å². The molecule has 10 heteroatoms. The van der Waals surface area contributed by atoms with Gasteiger partial charge in [-0.15, -0.1) is 16.4 Å². The molecule has 1 fully saturated rings. The number of hydrogen-bond acceptors (Lipinski definition) is 5. The lowest BCUT2D eigenvalue weighted by molar-refractivity contribution is 0.102. The summed E-state index contributed by atoms with van der Waals surface area (Å²) >= 11 is 1.13. The topological polar surface area (TPSA) is 61.7 Å². The van der Waals surface area contributed by atoms with Gasteiger partial charge in [0.2, 0.25) is 0 Å². The van der Waals surface area contributed by atoms with Crippen molar-refractivity contribution in [1.82, 2.24) is 14.9 Å². The zero-order chi connectivity index (χ0) is 23.1. The fourth-order valence-corrected chi connectivity index (χ4v) is 3.93. The van der Waals surface area contributed by atoms with E-state index in [0.29, 0.717) is 12.1 Å². The summed E-state index contributed by atoms with van der Waals surface area (Å²) in [6.45, 7) is 6.97. The first-order valence-corrected chi connectivity index (χ1v) is 11.6. The molecule has 1 amide bonds. The Hall–Kier alpha value is -2.59. The summed E-state index contributed by atoms with van der Waals surface area (Å²) in [6.07, 6.45) is -1.58. The summed E-state index contributed by atoms with van der Waals surface area (Å²) in [5.74, 6) is 0.331. The number of carbonyl (C=O) groups excluding carboxylic acids is 1. The molecule has 1 atom stereocenters. The zero-order valence-corrected chi connectivity index (χ0v) is 19.0. The van der Waals surface area contributed by atoms with E-state index in [-0.39, 0.29) is 11.3 Å². The standard InChI is InChI=1S/C18H19F2N5OS.C4H9F/c19-17(20)13-10-27-11-14(13)22-18(26)15-4-2-12-3-5-16(23-25(12)15)24-8-1-6-21-7-9-24;1-3-4(2)5/h2-5,10-11,17,21H,1,6-9H2,(H,22,26);4H,3H2,1-2H3. The number of aromatic nitrogens is 2. The Kier molecular flexibility index (Phi) is 8.52. The summed E-state index contributed by atoms with van der Waals surface area (Å²) in [5, 5.41) is 13.4. The average molecular weight is 468 g/mol. The van der Waals surface area contributed by atoms with Crippen LogP contribution in [0, 0.1) is 0 Å². The van der Waals surface area contributed by atoms with Crippen molar-refractivity contribution >= 4 is 34.3 Å². The fourth-order valence-electron chi connectivity index (χ4n) is 3.16. The molecule has 0 saturated carbocycles. The third-order valence-electron chi connectivity index (χ3n) is 5.12. The van der Waals surface area contributed by atoms with Crippen LogP contribution in [-0.2, 0) is 0 Å². The van der Waals surface area contributed by atoms with E-state index in [9.17, 15) is 18.0 Å². The number of halogens is 3. The van der Waals surface area contributed by atoms with Crippen LogP contribution in [0.25, 0.3) is 5.52 Å². The van der Waals surface area contributed by atoms with Gasteiger partial charge in [0, 0.05) is 30.4 Å². The van der Waals surface area contributed by atoms with Crippen molar-refractivity contribution in [2.24, 2.45) is 0 Å². The Morgan fingerprint density at radius 1 is 1.19 bits per heavy atom. The first-order valence-electron chi connectivity index (χ1n) is 10.6. The molecule has 1 unspecified atom stereocenters. The van der Waals surface area contributed by atoms with Gasteiger partial charge in [-0.25, -0.2) is 17.7 Å². The van der Waals surface area contributed by atoms with E-state index in [4.69, 9.17) is 0 Å². The van der Waals surface area contributed by atoms with Gasteiger partial charge in [0.05, 0.1) is 22.9 Å². The Morgan fingerprint density at radius 2 is 1.94 bits per heavy atom. The summed E-state index contributed by atoms with van der Waals surface area (Å²) in [7, 11) is 0. The first kappa shape index (κ1) is 24.1. The lowest BCUT2D eigenvalue weighted by atomic mass is 10.3. The van der Waals surface area contributed by atoms with Gasteiger partial charge in [0.15, 0.2) is 0 Å². The lowest BCUT2D eigenvalue weighted by Crippen LogP contribution is -2.29. The molecule has 1 aliphatic rings. The predicted molar refractivity (Wildman–Crippen MR) is 123 cm³/mol. The lowest BCUT2D eigenvalue weighted by Gasteiger charge is -2.21. The molecule has 32 heavy (non-hydrogen) atoms. The number of thiophene rings is 1. The molecule has 3 aromatic heterocycles. The van der Waals surface area contributed by atoms with E-state index in [1.807, 2.05) is 19.1 Å². The highest BCUT2D eigenvalue weighted by molar-refractivity contribution is 7.08. The number of carbonyl (C=O) groups is 1. The van der Waals surface area contributed by atoms with Crippen LogP contribution < -0.4 is 15.5 Å². The highest BCUT2D eigenvalue weighted by atomic mass is 32.1. The second-order valence-corrected chi connectivity index (χ2v) is 8.27. The van der Waals surface area contributed by atoms with Crippen molar-refractivity contribution < 1.29 is 18.0 Å². The average Bonchev–Trinajstić information content (AvgIpc) is 3.32. The van der Waals surface area contributed by atoms with Crippen LogP contribution >= 0.6 is 11.3 Å². The van der Waals surface area contributed by atoms with E-state index >= 15 is 0 Å². The molecule has 0 aliphatic carbocycles. The number of nitrogens with one attached hydrogen (secondary N) is 2. The number of alkyl halides is 3. The molecule has 0 spiro atoms.